The lowest BCUT2D eigenvalue weighted by atomic mass is 9.34. The highest BCUT2D eigenvalue weighted by Crippen LogP contribution is 2.36. The van der Waals surface area contributed by atoms with E-state index in [-0.39, 0.29) is 6.71 Å². The Balaban J connectivity index is 1.69. The number of rotatable bonds is 2. The van der Waals surface area contributed by atoms with E-state index in [4.69, 9.17) is 9.15 Å². The molecule has 2 aromatic heterocycles. The zero-order valence-corrected chi connectivity index (χ0v) is 17.4. The molecular formula is C27H20BNO2. The summed E-state index contributed by atoms with van der Waals surface area (Å²) in [6, 6.07) is 26.9. The standard InChI is InChI=1S/C27H20BNO2/c1-17-9-7-10-18(2)24(17)28-21-13-3-4-15-23(21)30-27-25(28)20-12-8-11-19(26(20)31-27)22-14-5-6-16-29-22/h3-16H,1-2H3. The van der Waals surface area contributed by atoms with Crippen molar-refractivity contribution in [3.63, 3.8) is 0 Å². The molecule has 6 rings (SSSR count). The fraction of sp³-hybridized carbons (Fsp3) is 0.0741. The number of benzene rings is 3. The fourth-order valence-corrected chi connectivity index (χ4v) is 4.84. The minimum absolute atomic E-state index is 0.0429. The van der Waals surface area contributed by atoms with E-state index in [1.54, 1.807) is 0 Å². The lowest BCUT2D eigenvalue weighted by Crippen LogP contribution is -2.56. The third-order valence-electron chi connectivity index (χ3n) is 6.21. The van der Waals surface area contributed by atoms with Crippen LogP contribution < -0.4 is 21.1 Å². The summed E-state index contributed by atoms with van der Waals surface area (Å²) in [6.07, 6.45) is 1.81. The molecule has 0 spiro atoms. The number of ether oxygens (including phenoxy) is 1. The van der Waals surface area contributed by atoms with Crippen LogP contribution in [0.1, 0.15) is 11.1 Å². The Morgan fingerprint density at radius 2 is 1.52 bits per heavy atom. The van der Waals surface area contributed by atoms with Crippen molar-refractivity contribution < 1.29 is 9.15 Å². The quantitative estimate of drug-likeness (QED) is 0.394. The van der Waals surface area contributed by atoms with Gasteiger partial charge in [0.25, 0.3) is 12.7 Å². The second-order valence-corrected chi connectivity index (χ2v) is 8.08. The Morgan fingerprint density at radius 3 is 2.32 bits per heavy atom. The van der Waals surface area contributed by atoms with Crippen molar-refractivity contribution in [1.29, 1.82) is 0 Å². The van der Waals surface area contributed by atoms with Gasteiger partial charge in [-0.05, 0) is 43.6 Å². The molecule has 0 saturated carbocycles. The Bertz CT molecular complexity index is 1420. The maximum atomic E-state index is 6.40. The molecule has 3 heterocycles. The maximum absolute atomic E-state index is 6.40. The predicted octanol–water partition coefficient (Wildman–Crippen LogP) is 4.73. The Labute approximate surface area is 181 Å². The SMILES string of the molecule is Cc1cccc(C)c1B1c2ccccc2Oc2oc3c(-c4ccccn4)cccc3c21. The van der Waals surface area contributed by atoms with E-state index in [2.05, 4.69) is 67.4 Å². The number of pyridine rings is 1. The number of hydrogen-bond acceptors (Lipinski definition) is 3. The number of hydrogen-bond donors (Lipinski definition) is 0. The monoisotopic (exact) mass is 401 g/mol. The second-order valence-electron chi connectivity index (χ2n) is 8.08. The summed E-state index contributed by atoms with van der Waals surface area (Å²) in [5, 5.41) is 1.07. The number of aromatic nitrogens is 1. The molecule has 0 atom stereocenters. The molecule has 0 unspecified atom stereocenters. The van der Waals surface area contributed by atoms with Crippen molar-refractivity contribution >= 4 is 34.1 Å². The highest BCUT2D eigenvalue weighted by atomic mass is 16.6. The van der Waals surface area contributed by atoms with E-state index in [9.17, 15) is 0 Å². The van der Waals surface area contributed by atoms with Crippen LogP contribution in [0.15, 0.2) is 89.5 Å². The predicted molar refractivity (Wildman–Crippen MR) is 127 cm³/mol. The minimum atomic E-state index is 0.0429. The van der Waals surface area contributed by atoms with Gasteiger partial charge < -0.3 is 9.15 Å². The second kappa shape index (κ2) is 6.88. The van der Waals surface area contributed by atoms with Crippen molar-refractivity contribution in [1.82, 2.24) is 4.98 Å². The van der Waals surface area contributed by atoms with Gasteiger partial charge in [-0.3, -0.25) is 4.98 Å². The normalized spacial score (nSPS) is 12.4. The largest absolute Gasteiger partial charge is 0.427 e. The Hall–Kier alpha value is -3.79. The zero-order valence-electron chi connectivity index (χ0n) is 17.4. The smallest absolute Gasteiger partial charge is 0.285 e. The highest BCUT2D eigenvalue weighted by Gasteiger charge is 2.38. The van der Waals surface area contributed by atoms with Crippen LogP contribution in [-0.4, -0.2) is 11.7 Å². The number of nitrogens with zero attached hydrogens (tertiary/aromatic N) is 1. The Morgan fingerprint density at radius 1 is 0.742 bits per heavy atom. The van der Waals surface area contributed by atoms with Crippen molar-refractivity contribution in [3.05, 3.63) is 96.2 Å². The first-order valence-electron chi connectivity index (χ1n) is 10.5. The van der Waals surface area contributed by atoms with Gasteiger partial charge in [0.1, 0.15) is 11.3 Å². The van der Waals surface area contributed by atoms with Crippen molar-refractivity contribution in [2.24, 2.45) is 0 Å². The summed E-state index contributed by atoms with van der Waals surface area (Å²) in [7, 11) is 0. The van der Waals surface area contributed by atoms with Gasteiger partial charge in [-0.15, -0.1) is 0 Å². The summed E-state index contributed by atoms with van der Waals surface area (Å²) in [5.74, 6) is 1.42. The summed E-state index contributed by atoms with van der Waals surface area (Å²) in [4.78, 5) is 4.55. The van der Waals surface area contributed by atoms with E-state index in [1.165, 1.54) is 22.1 Å². The molecule has 3 nitrogen and oxygen atoms in total. The van der Waals surface area contributed by atoms with Gasteiger partial charge in [-0.2, -0.15) is 0 Å². The average molecular weight is 401 g/mol. The first-order valence-corrected chi connectivity index (χ1v) is 10.5. The summed E-state index contributed by atoms with van der Waals surface area (Å²) >= 11 is 0. The molecule has 1 aliphatic heterocycles. The first kappa shape index (κ1) is 18.0. The van der Waals surface area contributed by atoms with E-state index in [0.29, 0.717) is 5.95 Å². The topological polar surface area (TPSA) is 35.3 Å². The number of furan rings is 1. The molecular weight excluding hydrogens is 381 g/mol. The summed E-state index contributed by atoms with van der Waals surface area (Å²) in [5.41, 5.74) is 8.77. The van der Waals surface area contributed by atoms with Crippen LogP contribution in [0, 0.1) is 13.8 Å². The van der Waals surface area contributed by atoms with Gasteiger partial charge in [-0.25, -0.2) is 0 Å². The molecule has 0 aliphatic carbocycles. The number of aryl methyl sites for hydroxylation is 2. The molecule has 0 saturated heterocycles. The van der Waals surface area contributed by atoms with Crippen LogP contribution in [-0.2, 0) is 0 Å². The molecule has 0 fully saturated rings. The van der Waals surface area contributed by atoms with Crippen molar-refractivity contribution in [2.45, 2.75) is 13.8 Å². The maximum Gasteiger partial charge on any atom is 0.285 e. The average Bonchev–Trinajstić information content (AvgIpc) is 3.17. The molecule has 0 N–H and O–H groups in total. The molecule has 1 aliphatic rings. The third-order valence-corrected chi connectivity index (χ3v) is 6.21. The highest BCUT2D eigenvalue weighted by molar-refractivity contribution is 6.98. The van der Waals surface area contributed by atoms with Gasteiger partial charge in [0.15, 0.2) is 0 Å². The molecule has 5 aromatic rings. The molecule has 0 radical (unpaired) electrons. The van der Waals surface area contributed by atoms with Gasteiger partial charge >= 0.3 is 0 Å². The number of para-hydroxylation sites is 2. The fourth-order valence-electron chi connectivity index (χ4n) is 4.84. The zero-order chi connectivity index (χ0) is 20.9. The minimum Gasteiger partial charge on any atom is -0.427 e. The lowest BCUT2D eigenvalue weighted by Gasteiger charge is -2.25. The van der Waals surface area contributed by atoms with Crippen LogP contribution in [0.25, 0.3) is 22.2 Å². The van der Waals surface area contributed by atoms with Gasteiger partial charge in [0.05, 0.1) is 5.69 Å². The van der Waals surface area contributed by atoms with Crippen LogP contribution in [0.4, 0.5) is 0 Å². The molecule has 0 bridgehead atoms. The van der Waals surface area contributed by atoms with Crippen LogP contribution in [0.3, 0.4) is 0 Å². The van der Waals surface area contributed by atoms with Crippen LogP contribution >= 0.6 is 0 Å². The van der Waals surface area contributed by atoms with Gasteiger partial charge in [-0.1, -0.05) is 71.2 Å². The van der Waals surface area contributed by atoms with E-state index < -0.39 is 0 Å². The van der Waals surface area contributed by atoms with E-state index in [1.807, 2.05) is 36.5 Å². The molecule has 3 aromatic carbocycles. The first-order chi connectivity index (χ1) is 15.2. The lowest BCUT2D eigenvalue weighted by molar-refractivity contribution is 0.364. The van der Waals surface area contributed by atoms with Gasteiger partial charge in [0.2, 0.25) is 0 Å². The Kier molecular flexibility index (Phi) is 4.00. The molecule has 0 amide bonds. The van der Waals surface area contributed by atoms with Gasteiger partial charge in [0, 0.05) is 22.6 Å². The van der Waals surface area contributed by atoms with Crippen molar-refractivity contribution in [3.8, 4) is 23.0 Å². The van der Waals surface area contributed by atoms with E-state index in [0.717, 1.165) is 33.4 Å². The van der Waals surface area contributed by atoms with E-state index >= 15 is 0 Å². The molecule has 148 valence electrons. The van der Waals surface area contributed by atoms with Crippen LogP contribution in [0.5, 0.6) is 11.7 Å². The van der Waals surface area contributed by atoms with Crippen molar-refractivity contribution in [2.75, 3.05) is 0 Å². The summed E-state index contributed by atoms with van der Waals surface area (Å²) in [6.45, 7) is 4.41. The molecule has 4 heteroatoms. The van der Waals surface area contributed by atoms with Crippen LogP contribution in [0.2, 0.25) is 0 Å². The number of fused-ring (bicyclic) bond motifs is 4. The third kappa shape index (κ3) is 2.72. The summed E-state index contributed by atoms with van der Waals surface area (Å²) < 4.78 is 12.7. The molecule has 31 heavy (non-hydrogen) atoms.